The lowest BCUT2D eigenvalue weighted by Crippen LogP contribution is -2.38. The first kappa shape index (κ1) is 21.5. The Balaban J connectivity index is 1.16. The van der Waals surface area contributed by atoms with Crippen LogP contribution < -0.4 is 5.32 Å². The van der Waals surface area contributed by atoms with Gasteiger partial charge in [-0.3, -0.25) is 14.6 Å². The lowest BCUT2D eigenvalue weighted by molar-refractivity contribution is 0.0713. The number of piperidine rings is 1. The van der Waals surface area contributed by atoms with Crippen LogP contribution in [-0.4, -0.2) is 68.6 Å². The van der Waals surface area contributed by atoms with Crippen LogP contribution in [0.5, 0.6) is 0 Å². The molecule has 2 aliphatic heterocycles. The van der Waals surface area contributed by atoms with Crippen LogP contribution in [0, 0.1) is 6.92 Å². The SMILES string of the molecule is Cc1cnc2c(C(=O)N3CCC(c4ccc(C(=O)NC[C@H]5CCCO5)cn4)CC3)cnn2c1. The monoisotopic (exact) mass is 448 g/mol. The number of likely N-dealkylation sites (tertiary alicyclic amines) is 1. The second kappa shape index (κ2) is 9.27. The summed E-state index contributed by atoms with van der Waals surface area (Å²) in [6.07, 6.45) is 10.7. The summed E-state index contributed by atoms with van der Waals surface area (Å²) in [6, 6.07) is 3.76. The predicted molar refractivity (Wildman–Crippen MR) is 121 cm³/mol. The van der Waals surface area contributed by atoms with Crippen molar-refractivity contribution >= 4 is 17.5 Å². The maximum atomic E-state index is 13.0. The molecule has 5 rings (SSSR count). The van der Waals surface area contributed by atoms with E-state index < -0.39 is 0 Å². The molecule has 0 aliphatic carbocycles. The van der Waals surface area contributed by atoms with Crippen molar-refractivity contribution in [3.05, 3.63) is 59.3 Å². The van der Waals surface area contributed by atoms with Crippen LogP contribution in [0.3, 0.4) is 0 Å². The smallest absolute Gasteiger partial charge is 0.259 e. The molecule has 0 aromatic carbocycles. The molecule has 172 valence electrons. The number of nitrogens with zero attached hydrogens (tertiary/aromatic N) is 5. The number of fused-ring (bicyclic) bond motifs is 1. The van der Waals surface area contributed by atoms with E-state index in [1.165, 1.54) is 0 Å². The highest BCUT2D eigenvalue weighted by molar-refractivity contribution is 5.99. The molecule has 0 bridgehead atoms. The highest BCUT2D eigenvalue weighted by Gasteiger charge is 2.27. The van der Waals surface area contributed by atoms with Crippen LogP contribution in [0.15, 0.2) is 36.9 Å². The summed E-state index contributed by atoms with van der Waals surface area (Å²) in [5.74, 6) is 0.107. The molecule has 1 atom stereocenters. The van der Waals surface area contributed by atoms with Crippen molar-refractivity contribution < 1.29 is 14.3 Å². The Bertz CT molecular complexity index is 1140. The van der Waals surface area contributed by atoms with Crippen molar-refractivity contribution in [1.29, 1.82) is 0 Å². The molecule has 33 heavy (non-hydrogen) atoms. The molecule has 0 spiro atoms. The van der Waals surface area contributed by atoms with Gasteiger partial charge in [0, 0.05) is 56.4 Å². The van der Waals surface area contributed by atoms with Crippen LogP contribution in [0.25, 0.3) is 5.65 Å². The van der Waals surface area contributed by atoms with Crippen LogP contribution >= 0.6 is 0 Å². The van der Waals surface area contributed by atoms with Gasteiger partial charge >= 0.3 is 0 Å². The number of carbonyl (C=O) groups excluding carboxylic acids is 2. The second-order valence-corrected chi connectivity index (χ2v) is 8.84. The lowest BCUT2D eigenvalue weighted by atomic mass is 9.92. The molecule has 2 amide bonds. The Kier molecular flexibility index (Phi) is 6.04. The molecule has 0 radical (unpaired) electrons. The van der Waals surface area contributed by atoms with Gasteiger partial charge in [0.25, 0.3) is 11.8 Å². The van der Waals surface area contributed by atoms with E-state index in [1.807, 2.05) is 30.2 Å². The van der Waals surface area contributed by atoms with Gasteiger partial charge in [-0.25, -0.2) is 9.50 Å². The predicted octanol–water partition coefficient (Wildman–Crippen LogP) is 2.36. The zero-order valence-electron chi connectivity index (χ0n) is 18.7. The fraction of sp³-hybridized carbons (Fsp3) is 0.458. The summed E-state index contributed by atoms with van der Waals surface area (Å²) in [4.78, 5) is 36.2. The molecule has 0 saturated carbocycles. The molecule has 0 unspecified atom stereocenters. The average Bonchev–Trinajstić information content (AvgIpc) is 3.52. The van der Waals surface area contributed by atoms with Crippen molar-refractivity contribution in [2.75, 3.05) is 26.2 Å². The van der Waals surface area contributed by atoms with Crippen molar-refractivity contribution in [1.82, 2.24) is 29.8 Å². The zero-order chi connectivity index (χ0) is 22.8. The van der Waals surface area contributed by atoms with Crippen LogP contribution in [-0.2, 0) is 4.74 Å². The largest absolute Gasteiger partial charge is 0.376 e. The Morgan fingerprint density at radius 1 is 1.12 bits per heavy atom. The minimum atomic E-state index is -0.123. The highest BCUT2D eigenvalue weighted by Crippen LogP contribution is 2.28. The Hall–Kier alpha value is -3.33. The van der Waals surface area contributed by atoms with E-state index in [0.717, 1.165) is 43.5 Å². The number of nitrogens with one attached hydrogen (secondary N) is 1. The van der Waals surface area contributed by atoms with Gasteiger partial charge in [0.1, 0.15) is 5.56 Å². The summed E-state index contributed by atoms with van der Waals surface area (Å²) in [6.45, 7) is 4.56. The van der Waals surface area contributed by atoms with Gasteiger partial charge in [0.15, 0.2) is 5.65 Å². The van der Waals surface area contributed by atoms with Gasteiger partial charge in [-0.15, -0.1) is 0 Å². The Labute approximate surface area is 192 Å². The van der Waals surface area contributed by atoms with E-state index in [2.05, 4.69) is 20.4 Å². The Morgan fingerprint density at radius 3 is 2.70 bits per heavy atom. The number of rotatable bonds is 5. The first-order valence-electron chi connectivity index (χ1n) is 11.5. The summed E-state index contributed by atoms with van der Waals surface area (Å²) < 4.78 is 7.20. The maximum Gasteiger partial charge on any atom is 0.259 e. The zero-order valence-corrected chi connectivity index (χ0v) is 18.7. The number of aryl methyl sites for hydroxylation is 1. The number of hydrogen-bond acceptors (Lipinski definition) is 6. The molecule has 2 saturated heterocycles. The normalized spacial score (nSPS) is 19.2. The number of amides is 2. The summed E-state index contributed by atoms with van der Waals surface area (Å²) in [5.41, 5.74) is 3.63. The lowest BCUT2D eigenvalue weighted by Gasteiger charge is -2.31. The highest BCUT2D eigenvalue weighted by atomic mass is 16.5. The minimum Gasteiger partial charge on any atom is -0.376 e. The third kappa shape index (κ3) is 4.59. The molecule has 2 fully saturated rings. The van der Waals surface area contributed by atoms with Crippen molar-refractivity contribution in [2.45, 2.75) is 44.6 Å². The van der Waals surface area contributed by atoms with Crippen LogP contribution in [0.2, 0.25) is 0 Å². The molecular weight excluding hydrogens is 420 g/mol. The summed E-state index contributed by atoms with van der Waals surface area (Å²) >= 11 is 0. The van der Waals surface area contributed by atoms with Gasteiger partial charge in [-0.1, -0.05) is 0 Å². The molecule has 3 aromatic heterocycles. The molecular formula is C24H28N6O3. The summed E-state index contributed by atoms with van der Waals surface area (Å²) in [7, 11) is 0. The summed E-state index contributed by atoms with van der Waals surface area (Å²) in [5, 5.41) is 7.20. The maximum absolute atomic E-state index is 13.0. The van der Waals surface area contributed by atoms with E-state index in [9.17, 15) is 9.59 Å². The second-order valence-electron chi connectivity index (χ2n) is 8.84. The topological polar surface area (TPSA) is 102 Å². The minimum absolute atomic E-state index is 0.0361. The fourth-order valence-corrected chi connectivity index (χ4v) is 4.56. The van der Waals surface area contributed by atoms with Crippen molar-refractivity contribution in [3.8, 4) is 0 Å². The quantitative estimate of drug-likeness (QED) is 0.643. The van der Waals surface area contributed by atoms with E-state index >= 15 is 0 Å². The first-order chi connectivity index (χ1) is 16.1. The molecule has 3 aromatic rings. The van der Waals surface area contributed by atoms with Gasteiger partial charge in [0.05, 0.1) is 17.9 Å². The van der Waals surface area contributed by atoms with E-state index in [4.69, 9.17) is 4.74 Å². The number of hydrogen-bond donors (Lipinski definition) is 1. The standard InChI is InChI=1S/C24H28N6O3/c1-16-11-26-22-20(14-28-30(22)15-16)24(32)29-8-6-17(7-9-29)21-5-4-18(12-25-21)23(31)27-13-19-3-2-10-33-19/h4-5,11-12,14-15,17,19H,2-3,6-10,13H2,1H3,(H,27,31)/t19-/m1/s1. The van der Waals surface area contributed by atoms with Gasteiger partial charge < -0.3 is 15.0 Å². The Morgan fingerprint density at radius 2 is 1.97 bits per heavy atom. The fourth-order valence-electron chi connectivity index (χ4n) is 4.56. The number of aromatic nitrogens is 4. The molecule has 2 aliphatic rings. The van der Waals surface area contributed by atoms with Crippen LogP contribution in [0.4, 0.5) is 0 Å². The molecule has 5 heterocycles. The van der Waals surface area contributed by atoms with Crippen molar-refractivity contribution in [3.63, 3.8) is 0 Å². The van der Waals surface area contributed by atoms with E-state index in [1.54, 1.807) is 23.1 Å². The molecule has 9 heteroatoms. The third-order valence-electron chi connectivity index (χ3n) is 6.48. The van der Waals surface area contributed by atoms with Gasteiger partial charge in [0.2, 0.25) is 0 Å². The van der Waals surface area contributed by atoms with Gasteiger partial charge in [-0.05, 0) is 50.3 Å². The number of carbonyl (C=O) groups is 2. The van der Waals surface area contributed by atoms with E-state index in [-0.39, 0.29) is 23.8 Å². The average molecular weight is 449 g/mol. The van der Waals surface area contributed by atoms with Gasteiger partial charge in [-0.2, -0.15) is 5.10 Å². The molecule has 1 N–H and O–H groups in total. The third-order valence-corrected chi connectivity index (χ3v) is 6.48. The van der Waals surface area contributed by atoms with Crippen LogP contribution in [0.1, 0.15) is 63.6 Å². The van der Waals surface area contributed by atoms with Crippen molar-refractivity contribution in [2.24, 2.45) is 0 Å². The van der Waals surface area contributed by atoms with E-state index in [0.29, 0.717) is 36.4 Å². The molecule has 9 nitrogen and oxygen atoms in total. The first-order valence-corrected chi connectivity index (χ1v) is 11.5. The number of ether oxygens (including phenoxy) is 1. The number of pyridine rings is 1.